The second kappa shape index (κ2) is 9.67. The summed E-state index contributed by atoms with van der Waals surface area (Å²) in [6.07, 6.45) is 3.48. The highest BCUT2D eigenvalue weighted by molar-refractivity contribution is 7.91. The highest BCUT2D eigenvalue weighted by Gasteiger charge is 2.26. The van der Waals surface area contributed by atoms with Gasteiger partial charge in [-0.15, -0.1) is 0 Å². The molecular weight excluding hydrogens is 439 g/mol. The molecule has 2 aromatic carbocycles. The number of hydrogen-bond donors (Lipinski definition) is 2. The number of benzene rings is 2. The Morgan fingerprint density at radius 1 is 0.871 bits per heavy atom. The number of sulfonamides is 1. The minimum Gasteiger partial charge on any atom is -0.385 e. The molecule has 0 saturated heterocycles. The molecule has 0 heterocycles. The molecule has 1 saturated carbocycles. The quantitative estimate of drug-likeness (QED) is 0.572. The second-order valence-corrected chi connectivity index (χ2v) is 12.5. The van der Waals surface area contributed by atoms with Gasteiger partial charge in [0.05, 0.1) is 15.0 Å². The maximum atomic E-state index is 13.1. The topological polar surface area (TPSA) is 92.3 Å². The highest BCUT2D eigenvalue weighted by Crippen LogP contribution is 2.26. The highest BCUT2D eigenvalue weighted by atomic mass is 32.2. The number of sulfone groups is 1. The van der Waals surface area contributed by atoms with Crippen LogP contribution in [-0.2, 0) is 19.9 Å². The minimum atomic E-state index is -3.69. The van der Waals surface area contributed by atoms with Gasteiger partial charge >= 0.3 is 0 Å². The van der Waals surface area contributed by atoms with Gasteiger partial charge in [-0.05, 0) is 94.0 Å². The Kier molecular flexibility index (Phi) is 7.39. The van der Waals surface area contributed by atoms with Crippen molar-refractivity contribution in [1.82, 2.24) is 4.72 Å². The van der Waals surface area contributed by atoms with Gasteiger partial charge in [0, 0.05) is 18.3 Å². The van der Waals surface area contributed by atoms with Gasteiger partial charge in [0.1, 0.15) is 5.82 Å². The Labute approximate surface area is 184 Å². The van der Waals surface area contributed by atoms with Crippen molar-refractivity contribution >= 4 is 25.5 Å². The van der Waals surface area contributed by atoms with E-state index in [4.69, 9.17) is 0 Å². The van der Waals surface area contributed by atoms with E-state index < -0.39 is 30.9 Å². The van der Waals surface area contributed by atoms with E-state index >= 15 is 0 Å². The molecule has 0 aromatic heterocycles. The summed E-state index contributed by atoms with van der Waals surface area (Å²) in [5.74, 6) is -0.0488. The summed E-state index contributed by atoms with van der Waals surface area (Å²) >= 11 is 0. The molecule has 3 rings (SSSR count). The lowest BCUT2D eigenvalue weighted by Gasteiger charge is -2.29. The molecule has 6 nitrogen and oxygen atoms in total. The smallest absolute Gasteiger partial charge is 0.214 e. The molecule has 0 atom stereocenters. The summed E-state index contributed by atoms with van der Waals surface area (Å²) in [7, 11) is -6.93. The van der Waals surface area contributed by atoms with Crippen LogP contribution in [0.3, 0.4) is 0 Å². The molecule has 1 aliphatic carbocycles. The summed E-state index contributed by atoms with van der Waals surface area (Å²) in [6.45, 7) is 4.09. The van der Waals surface area contributed by atoms with Crippen LogP contribution in [0.2, 0.25) is 0 Å². The zero-order valence-corrected chi connectivity index (χ0v) is 19.3. The summed E-state index contributed by atoms with van der Waals surface area (Å²) in [5, 5.41) is 2.91. The maximum absolute atomic E-state index is 13.1. The van der Waals surface area contributed by atoms with Gasteiger partial charge in [-0.2, -0.15) is 0 Å². The van der Waals surface area contributed by atoms with E-state index in [1.807, 2.05) is 0 Å². The fraction of sp³-hybridized carbons (Fsp3) is 0.455. The second-order valence-electron chi connectivity index (χ2n) is 8.29. The minimum absolute atomic E-state index is 0.000369. The first-order valence-corrected chi connectivity index (χ1v) is 13.5. The van der Waals surface area contributed by atoms with Gasteiger partial charge in [0.15, 0.2) is 0 Å². The lowest BCUT2D eigenvalue weighted by Crippen LogP contribution is -2.41. The van der Waals surface area contributed by atoms with Gasteiger partial charge in [-0.3, -0.25) is 0 Å². The number of nitrogens with one attached hydrogen (secondary N) is 2. The van der Waals surface area contributed by atoms with Gasteiger partial charge < -0.3 is 5.32 Å². The molecule has 0 aliphatic heterocycles. The average molecular weight is 469 g/mol. The molecule has 170 valence electrons. The third-order valence-electron chi connectivity index (χ3n) is 5.68. The molecule has 1 fully saturated rings. The fourth-order valence-corrected chi connectivity index (χ4v) is 5.85. The van der Waals surface area contributed by atoms with Crippen LogP contribution in [0.25, 0.3) is 0 Å². The summed E-state index contributed by atoms with van der Waals surface area (Å²) in [4.78, 5) is 0.210. The predicted molar refractivity (Wildman–Crippen MR) is 120 cm³/mol. The van der Waals surface area contributed by atoms with E-state index in [9.17, 15) is 21.2 Å². The van der Waals surface area contributed by atoms with Crippen LogP contribution in [-0.4, -0.2) is 34.7 Å². The lowest BCUT2D eigenvalue weighted by atomic mass is 9.86. The molecule has 31 heavy (non-hydrogen) atoms. The number of rotatable bonds is 8. The van der Waals surface area contributed by atoms with Crippen molar-refractivity contribution in [2.45, 2.75) is 60.6 Å². The Balaban J connectivity index is 1.52. The van der Waals surface area contributed by atoms with Crippen LogP contribution in [0.1, 0.15) is 39.5 Å². The normalized spacial score (nSPS) is 20.0. The molecule has 2 aromatic rings. The van der Waals surface area contributed by atoms with Crippen LogP contribution in [0.5, 0.6) is 0 Å². The van der Waals surface area contributed by atoms with Crippen LogP contribution < -0.4 is 10.0 Å². The van der Waals surface area contributed by atoms with Gasteiger partial charge in [0.25, 0.3) is 0 Å². The molecular formula is C22H29FN2O4S2. The zero-order chi connectivity index (χ0) is 22.6. The SMILES string of the molecule is CC(C)S(=O)(=O)N[C@H]1CC[C@H](CNc2ccc(S(=O)(=O)c3ccc(F)cc3)cc2)CC1. The van der Waals surface area contributed by atoms with Crippen molar-refractivity contribution < 1.29 is 21.2 Å². The van der Waals surface area contributed by atoms with E-state index in [0.717, 1.165) is 50.0 Å². The van der Waals surface area contributed by atoms with Crippen LogP contribution >= 0.6 is 0 Å². The molecule has 2 N–H and O–H groups in total. The van der Waals surface area contributed by atoms with E-state index in [-0.39, 0.29) is 15.8 Å². The molecule has 0 bridgehead atoms. The third-order valence-corrected chi connectivity index (χ3v) is 9.37. The Morgan fingerprint density at radius 3 is 1.90 bits per heavy atom. The predicted octanol–water partition coefficient (Wildman–Crippen LogP) is 3.96. The summed E-state index contributed by atoms with van der Waals surface area (Å²) in [5.41, 5.74) is 0.820. The Hall–Kier alpha value is -1.97. The van der Waals surface area contributed by atoms with Crippen molar-refractivity contribution in [3.63, 3.8) is 0 Å². The molecule has 0 unspecified atom stereocenters. The first-order chi connectivity index (χ1) is 14.6. The number of hydrogen-bond acceptors (Lipinski definition) is 5. The first-order valence-electron chi connectivity index (χ1n) is 10.4. The fourth-order valence-electron chi connectivity index (χ4n) is 3.62. The Morgan fingerprint density at radius 2 is 1.39 bits per heavy atom. The molecule has 1 aliphatic rings. The monoisotopic (exact) mass is 468 g/mol. The van der Waals surface area contributed by atoms with Crippen LogP contribution in [0, 0.1) is 11.7 Å². The number of anilines is 1. The average Bonchev–Trinajstić information content (AvgIpc) is 2.73. The standard InChI is InChI=1S/C22H29FN2O4S2/c1-16(2)31(28,29)25-20-7-3-17(4-8-20)15-24-19-9-13-22(14-10-19)30(26,27)21-11-5-18(23)6-12-21/h5-6,9-14,16-17,20,24-25H,3-4,7-8,15H2,1-2H3/t17-,20-. The van der Waals surface area contributed by atoms with Crippen molar-refractivity contribution in [3.8, 4) is 0 Å². The van der Waals surface area contributed by atoms with Crippen molar-refractivity contribution in [2.75, 3.05) is 11.9 Å². The third kappa shape index (κ3) is 6.05. The van der Waals surface area contributed by atoms with Gasteiger partial charge in [-0.1, -0.05) is 0 Å². The summed E-state index contributed by atoms with van der Waals surface area (Å²) < 4.78 is 65.2. The van der Waals surface area contributed by atoms with E-state index in [1.165, 1.54) is 12.1 Å². The van der Waals surface area contributed by atoms with Crippen molar-refractivity contribution in [3.05, 3.63) is 54.3 Å². The molecule has 9 heteroatoms. The van der Waals surface area contributed by atoms with Crippen LogP contribution in [0.15, 0.2) is 58.3 Å². The lowest BCUT2D eigenvalue weighted by molar-refractivity contribution is 0.323. The Bertz CT molecular complexity index is 1080. The molecule has 0 amide bonds. The molecule has 0 spiro atoms. The first kappa shape index (κ1) is 23.7. The van der Waals surface area contributed by atoms with E-state index in [2.05, 4.69) is 10.0 Å². The number of halogens is 1. The molecule has 0 radical (unpaired) electrons. The van der Waals surface area contributed by atoms with Crippen molar-refractivity contribution in [1.29, 1.82) is 0 Å². The van der Waals surface area contributed by atoms with Gasteiger partial charge in [-0.25, -0.2) is 25.9 Å². The maximum Gasteiger partial charge on any atom is 0.214 e. The van der Waals surface area contributed by atoms with Gasteiger partial charge in [0.2, 0.25) is 19.9 Å². The largest absolute Gasteiger partial charge is 0.385 e. The van der Waals surface area contributed by atoms with E-state index in [1.54, 1.807) is 38.1 Å². The summed E-state index contributed by atoms with van der Waals surface area (Å²) in [6, 6.07) is 11.3. The zero-order valence-electron chi connectivity index (χ0n) is 17.7. The van der Waals surface area contributed by atoms with E-state index in [0.29, 0.717) is 5.92 Å². The van der Waals surface area contributed by atoms with Crippen LogP contribution in [0.4, 0.5) is 10.1 Å². The van der Waals surface area contributed by atoms with Crippen molar-refractivity contribution in [2.24, 2.45) is 5.92 Å².